The first-order valence-corrected chi connectivity index (χ1v) is 11.1. The second kappa shape index (κ2) is 8.78. The molecule has 0 radical (unpaired) electrons. The van der Waals surface area contributed by atoms with Crippen LogP contribution in [0.3, 0.4) is 0 Å². The number of amides is 1. The second-order valence-electron chi connectivity index (χ2n) is 9.68. The lowest BCUT2D eigenvalue weighted by Crippen LogP contribution is -2.26. The van der Waals surface area contributed by atoms with Crippen LogP contribution in [0.1, 0.15) is 26.3 Å². The van der Waals surface area contributed by atoms with Gasteiger partial charge in [0.25, 0.3) is 5.91 Å². The van der Waals surface area contributed by atoms with E-state index in [4.69, 9.17) is 4.42 Å². The van der Waals surface area contributed by atoms with Crippen LogP contribution in [0.4, 0.5) is 5.69 Å². The molecular weight excluding hydrogens is 428 g/mol. The van der Waals surface area contributed by atoms with E-state index >= 15 is 0 Å². The fourth-order valence-corrected chi connectivity index (χ4v) is 3.62. The van der Waals surface area contributed by atoms with Crippen molar-refractivity contribution in [1.29, 1.82) is 0 Å². The number of rotatable bonds is 3. The van der Waals surface area contributed by atoms with E-state index in [1.807, 2.05) is 88.3 Å². The van der Waals surface area contributed by atoms with Crippen molar-refractivity contribution in [3.63, 3.8) is 0 Å². The number of benzene rings is 3. The normalized spacial score (nSPS) is 13.4. The molecule has 0 aliphatic heterocycles. The molecule has 0 saturated carbocycles. The average molecular weight is 457 g/mol. The highest BCUT2D eigenvalue weighted by molar-refractivity contribution is 5.92. The van der Waals surface area contributed by atoms with Crippen molar-refractivity contribution in [3.8, 4) is 0 Å². The van der Waals surface area contributed by atoms with E-state index in [0.717, 1.165) is 11.3 Å². The van der Waals surface area contributed by atoms with Gasteiger partial charge in [-0.1, -0.05) is 51.1 Å². The number of carbonyl (C=O) groups excluding carboxylic acids is 1. The fraction of sp³-hybridized carbons (Fsp3) is 0.250. The van der Waals surface area contributed by atoms with Crippen molar-refractivity contribution in [2.24, 2.45) is 10.4 Å². The summed E-state index contributed by atoms with van der Waals surface area (Å²) in [5.74, 6) is -0.247. The van der Waals surface area contributed by atoms with Crippen LogP contribution < -0.4 is 20.9 Å². The Bertz CT molecular complexity index is 1580. The highest BCUT2D eigenvalue weighted by atomic mass is 16.3. The van der Waals surface area contributed by atoms with E-state index in [1.165, 1.54) is 6.07 Å². The molecular formula is C28H28N2O4. The highest BCUT2D eigenvalue weighted by Crippen LogP contribution is 2.23. The van der Waals surface area contributed by atoms with Crippen LogP contribution in [0.15, 0.2) is 74.9 Å². The monoisotopic (exact) mass is 456 g/mol. The summed E-state index contributed by atoms with van der Waals surface area (Å²) in [6.07, 6.45) is 0.249. The molecule has 0 atom stereocenters. The Balaban J connectivity index is 1.99. The molecule has 4 rings (SSSR count). The quantitative estimate of drug-likeness (QED) is 0.469. The van der Waals surface area contributed by atoms with E-state index in [-0.39, 0.29) is 28.7 Å². The topological polar surface area (TPSA) is 83.1 Å². The van der Waals surface area contributed by atoms with Crippen LogP contribution in [0.2, 0.25) is 0 Å². The minimum atomic E-state index is -0.628. The number of carbonyl (C=O) groups is 1. The fourth-order valence-electron chi connectivity index (χ4n) is 3.62. The summed E-state index contributed by atoms with van der Waals surface area (Å²) in [7, 11) is 3.79. The zero-order chi connectivity index (χ0) is 24.6. The molecule has 0 aliphatic carbocycles. The summed E-state index contributed by atoms with van der Waals surface area (Å²) in [5.41, 5.74) is 1.70. The van der Waals surface area contributed by atoms with Gasteiger partial charge in [0.2, 0.25) is 0 Å². The molecule has 0 bridgehead atoms. The van der Waals surface area contributed by atoms with E-state index < -0.39 is 5.41 Å². The summed E-state index contributed by atoms with van der Waals surface area (Å²) in [5, 5.41) is 12.7. The van der Waals surface area contributed by atoms with Gasteiger partial charge in [-0.15, -0.1) is 0 Å². The minimum Gasteiger partial charge on any atom is -0.511 e. The van der Waals surface area contributed by atoms with Crippen molar-refractivity contribution < 1.29 is 14.3 Å². The van der Waals surface area contributed by atoms with E-state index in [9.17, 15) is 14.7 Å². The third-order valence-corrected chi connectivity index (χ3v) is 5.64. The van der Waals surface area contributed by atoms with Crippen molar-refractivity contribution >= 4 is 39.3 Å². The Hall–Kier alpha value is -3.93. The van der Waals surface area contributed by atoms with E-state index in [2.05, 4.69) is 4.99 Å². The number of anilines is 1. The Kier molecular flexibility index (Phi) is 6.00. The van der Waals surface area contributed by atoms with Gasteiger partial charge in [-0.3, -0.25) is 9.59 Å². The standard InChI is InChI=1S/C28H28N2O4/c1-28(2,3)27(33)29-22-14-19(30(4)5)15-26-20(22)12-18-13-21(24(32)16-25(18)34-26)23(31)11-17-9-7-6-8-10-17/h6-10,12-16,31H,11H2,1-5H3. The first-order chi connectivity index (χ1) is 16.0. The molecule has 3 aromatic carbocycles. The first kappa shape index (κ1) is 23.2. The number of hydrogen-bond acceptors (Lipinski definition) is 5. The largest absolute Gasteiger partial charge is 0.511 e. The number of aliphatic hydroxyl groups excluding tert-OH is 1. The van der Waals surface area contributed by atoms with Crippen LogP contribution in [0.5, 0.6) is 0 Å². The lowest BCUT2D eigenvalue weighted by molar-refractivity contribution is -0.125. The average Bonchev–Trinajstić information content (AvgIpc) is 2.77. The van der Waals surface area contributed by atoms with Gasteiger partial charge in [0.05, 0.1) is 10.6 Å². The molecule has 4 aromatic rings. The summed E-state index contributed by atoms with van der Waals surface area (Å²) >= 11 is 0. The van der Waals surface area contributed by atoms with Gasteiger partial charge >= 0.3 is 0 Å². The van der Waals surface area contributed by atoms with Gasteiger partial charge in [0.15, 0.2) is 5.43 Å². The third-order valence-electron chi connectivity index (χ3n) is 5.64. The van der Waals surface area contributed by atoms with Gasteiger partial charge < -0.3 is 14.4 Å². The Morgan fingerprint density at radius 3 is 2.35 bits per heavy atom. The molecule has 0 saturated heterocycles. The third kappa shape index (κ3) is 4.71. The maximum Gasteiger partial charge on any atom is 0.251 e. The van der Waals surface area contributed by atoms with Gasteiger partial charge in [0, 0.05) is 54.5 Å². The number of nitrogens with zero attached hydrogens (tertiary/aromatic N) is 2. The van der Waals surface area contributed by atoms with Crippen LogP contribution >= 0.6 is 0 Å². The van der Waals surface area contributed by atoms with Crippen LogP contribution in [0.25, 0.3) is 27.7 Å². The van der Waals surface area contributed by atoms with Crippen LogP contribution in [-0.2, 0) is 11.2 Å². The van der Waals surface area contributed by atoms with E-state index in [1.54, 1.807) is 6.07 Å². The molecule has 6 nitrogen and oxygen atoms in total. The van der Waals surface area contributed by atoms with Gasteiger partial charge in [-0.2, -0.15) is 0 Å². The molecule has 0 aliphatic rings. The predicted octanol–water partition coefficient (Wildman–Crippen LogP) is 4.11. The van der Waals surface area contributed by atoms with Crippen LogP contribution in [0, 0.1) is 5.41 Å². The SMILES string of the molecule is CN(C)c1cc(=NC(=O)C(C)(C)C)c2cc3cc(=C(O)Cc4ccccc4)c(=O)cc3oc2c1. The molecule has 34 heavy (non-hydrogen) atoms. The molecule has 1 amide bonds. The lowest BCUT2D eigenvalue weighted by atomic mass is 9.96. The zero-order valence-corrected chi connectivity index (χ0v) is 20.0. The molecule has 174 valence electrons. The summed E-state index contributed by atoms with van der Waals surface area (Å²) in [6, 6.07) is 18.0. The van der Waals surface area contributed by atoms with Gasteiger partial charge in [-0.25, -0.2) is 4.99 Å². The van der Waals surface area contributed by atoms with Crippen molar-refractivity contribution in [1.82, 2.24) is 0 Å². The molecule has 1 heterocycles. The molecule has 6 heteroatoms. The Labute approximate surface area is 197 Å². The Morgan fingerprint density at radius 1 is 1.00 bits per heavy atom. The summed E-state index contributed by atoms with van der Waals surface area (Å²) in [4.78, 5) is 31.8. The van der Waals surface area contributed by atoms with Gasteiger partial charge in [-0.05, 0) is 23.8 Å². The second-order valence-corrected chi connectivity index (χ2v) is 9.68. The van der Waals surface area contributed by atoms with Gasteiger partial charge in [0.1, 0.15) is 16.9 Å². The van der Waals surface area contributed by atoms with E-state index in [0.29, 0.717) is 27.3 Å². The predicted molar refractivity (Wildman–Crippen MR) is 136 cm³/mol. The Morgan fingerprint density at radius 2 is 1.71 bits per heavy atom. The van der Waals surface area contributed by atoms with Crippen molar-refractivity contribution in [2.75, 3.05) is 19.0 Å². The molecule has 1 N–H and O–H groups in total. The van der Waals surface area contributed by atoms with Crippen molar-refractivity contribution in [3.05, 3.63) is 87.0 Å². The highest BCUT2D eigenvalue weighted by Gasteiger charge is 2.21. The number of aliphatic hydroxyl groups is 1. The molecule has 1 aromatic heterocycles. The number of fused-ring (bicyclic) bond motifs is 2. The minimum absolute atomic E-state index is 0.00558. The maximum absolute atomic E-state index is 12.8. The smallest absolute Gasteiger partial charge is 0.251 e. The molecule has 0 spiro atoms. The van der Waals surface area contributed by atoms with Crippen LogP contribution in [-0.4, -0.2) is 25.1 Å². The zero-order valence-electron chi connectivity index (χ0n) is 20.0. The first-order valence-electron chi connectivity index (χ1n) is 11.1. The summed E-state index contributed by atoms with van der Waals surface area (Å²) < 4.78 is 6.09. The summed E-state index contributed by atoms with van der Waals surface area (Å²) in [6.45, 7) is 5.47. The molecule has 0 unspecified atom stereocenters. The maximum atomic E-state index is 12.8. The van der Waals surface area contributed by atoms with Crippen molar-refractivity contribution in [2.45, 2.75) is 27.2 Å². The number of hydrogen-bond donors (Lipinski definition) is 1. The molecule has 0 fully saturated rings. The lowest BCUT2D eigenvalue weighted by Gasteiger charge is -2.15.